The van der Waals surface area contributed by atoms with Gasteiger partial charge in [0.1, 0.15) is 18.2 Å². The third-order valence-corrected chi connectivity index (χ3v) is 11.2. The monoisotopic (exact) mass is 613 g/mol. The van der Waals surface area contributed by atoms with E-state index >= 15 is 0 Å². The Morgan fingerprint density at radius 1 is 1.02 bits per heavy atom. The van der Waals surface area contributed by atoms with Crippen LogP contribution in [-0.4, -0.2) is 89.0 Å². The quantitative estimate of drug-likeness (QED) is 0.333. The second-order valence-electron chi connectivity index (χ2n) is 12.2. The molecular weight excluding hydrogens is 578 g/mol. The lowest BCUT2D eigenvalue weighted by Gasteiger charge is -2.39. The lowest BCUT2D eigenvalue weighted by atomic mass is 9.74. The zero-order valence-electron chi connectivity index (χ0n) is 24.5. The topological polar surface area (TPSA) is 118 Å². The molecule has 4 aliphatic heterocycles. The molecule has 4 aliphatic rings. The number of aliphatic hydroxyl groups is 1. The van der Waals surface area contributed by atoms with Crippen molar-refractivity contribution in [1.29, 1.82) is 0 Å². The molecule has 0 bridgehead atoms. The summed E-state index contributed by atoms with van der Waals surface area (Å²) in [5, 5.41) is 19.3. The molecule has 7 rings (SSSR count). The number of esters is 1. The highest BCUT2D eigenvalue weighted by Gasteiger charge is 2.74. The number of nitrogens with zero attached hydrogens (tertiary/aromatic N) is 5. The van der Waals surface area contributed by atoms with Crippen molar-refractivity contribution in [3.05, 3.63) is 84.5 Å². The normalized spacial score (nSPS) is 31.4. The fourth-order valence-corrected chi connectivity index (χ4v) is 9.60. The molecular formula is C33H35N5O5S. The second kappa shape index (κ2) is 11.2. The zero-order valence-corrected chi connectivity index (χ0v) is 25.3. The molecule has 0 aliphatic carbocycles. The van der Waals surface area contributed by atoms with Gasteiger partial charge in [0, 0.05) is 11.3 Å². The number of rotatable bonds is 6. The average molecular weight is 614 g/mol. The van der Waals surface area contributed by atoms with E-state index in [0.717, 1.165) is 23.0 Å². The number of benzene rings is 2. The fraction of sp³-hybridized carbons (Fsp3) is 0.424. The van der Waals surface area contributed by atoms with Crippen molar-refractivity contribution in [1.82, 2.24) is 24.8 Å². The predicted octanol–water partition coefficient (Wildman–Crippen LogP) is 2.97. The van der Waals surface area contributed by atoms with E-state index in [4.69, 9.17) is 4.74 Å². The molecule has 3 aromatic rings. The van der Waals surface area contributed by atoms with Crippen molar-refractivity contribution < 1.29 is 24.2 Å². The maximum Gasteiger partial charge on any atom is 0.311 e. The molecule has 2 saturated heterocycles. The zero-order chi connectivity index (χ0) is 30.5. The predicted molar refractivity (Wildman–Crippen MR) is 165 cm³/mol. The summed E-state index contributed by atoms with van der Waals surface area (Å²) < 4.78 is 5.61. The van der Waals surface area contributed by atoms with Gasteiger partial charge in [0.25, 0.3) is 0 Å². The van der Waals surface area contributed by atoms with Crippen LogP contribution < -0.4 is 0 Å². The van der Waals surface area contributed by atoms with E-state index in [1.165, 1.54) is 11.8 Å². The van der Waals surface area contributed by atoms with Gasteiger partial charge in [-0.25, -0.2) is 4.68 Å². The van der Waals surface area contributed by atoms with Gasteiger partial charge in [0.2, 0.25) is 11.8 Å². The Kier molecular flexibility index (Phi) is 7.32. The van der Waals surface area contributed by atoms with E-state index < -0.39 is 39.4 Å². The molecule has 2 fully saturated rings. The van der Waals surface area contributed by atoms with E-state index in [2.05, 4.69) is 16.4 Å². The third-order valence-electron chi connectivity index (χ3n) is 9.41. The number of fused-ring (bicyclic) bond motifs is 3. The molecule has 2 aromatic carbocycles. The summed E-state index contributed by atoms with van der Waals surface area (Å²) in [6, 6.07) is 15.6. The van der Waals surface area contributed by atoms with Crippen LogP contribution in [0.5, 0.6) is 0 Å². The molecule has 0 saturated carbocycles. The SMILES string of the molecule is C[C@@]12/C=C\CCCOC(=O)[C@@H]1[C@H]1C(=O)N([C@@H](CO)Cc3ccccc3)C3C(=O)N(Cn4nnc5ccccc54)CC=C[C@@]31S2. The Morgan fingerprint density at radius 2 is 1.82 bits per heavy atom. The summed E-state index contributed by atoms with van der Waals surface area (Å²) in [7, 11) is 0. The Hall–Kier alpha value is -3.96. The first-order valence-corrected chi connectivity index (χ1v) is 15.9. The number of aliphatic hydroxyl groups excluding tert-OH is 1. The number of ether oxygens (including phenoxy) is 1. The Morgan fingerprint density at radius 3 is 2.64 bits per heavy atom. The number of thioether (sulfide) groups is 1. The number of likely N-dealkylation sites (tertiary alicyclic amines) is 1. The molecule has 44 heavy (non-hydrogen) atoms. The Labute approximate surface area is 259 Å². The largest absolute Gasteiger partial charge is 0.465 e. The minimum absolute atomic E-state index is 0.138. The number of carbonyl (C=O) groups excluding carboxylic acids is 3. The van der Waals surface area contributed by atoms with Gasteiger partial charge in [-0.1, -0.05) is 72.0 Å². The Bertz CT molecular complexity index is 1660. The first-order valence-electron chi connectivity index (χ1n) is 15.1. The van der Waals surface area contributed by atoms with Gasteiger partial charge in [0.05, 0.1) is 41.4 Å². The van der Waals surface area contributed by atoms with Gasteiger partial charge in [0.15, 0.2) is 0 Å². The van der Waals surface area contributed by atoms with E-state index in [0.29, 0.717) is 19.4 Å². The number of para-hydroxylation sites is 1. The number of hydrogen-bond acceptors (Lipinski definition) is 8. The van der Waals surface area contributed by atoms with Crippen molar-refractivity contribution >= 4 is 40.6 Å². The maximum atomic E-state index is 14.8. The van der Waals surface area contributed by atoms with Crippen LogP contribution in [0.2, 0.25) is 0 Å². The van der Waals surface area contributed by atoms with Crippen molar-refractivity contribution in [2.45, 2.75) is 54.4 Å². The minimum atomic E-state index is -1.04. The highest BCUT2D eigenvalue weighted by molar-refractivity contribution is 8.02. The van der Waals surface area contributed by atoms with Gasteiger partial charge in [-0.05, 0) is 43.9 Å². The van der Waals surface area contributed by atoms with Crippen LogP contribution >= 0.6 is 11.8 Å². The number of amides is 2. The number of allylic oxidation sites excluding steroid dienone is 1. The molecule has 1 N–H and O–H groups in total. The number of carbonyl (C=O) groups is 3. The maximum absolute atomic E-state index is 14.8. The summed E-state index contributed by atoms with van der Waals surface area (Å²) in [6.07, 6.45) is 9.84. The average Bonchev–Trinajstić information content (AvgIpc) is 3.60. The standard InChI is InChI=1S/C33H35N5O5S/c1-32-15-8-3-9-18-43-31(42)27(32)26-29(40)38(23(20-39)19-22-11-4-2-5-12-22)28-30(41)36(17-10-16-33(26,28)44-32)21-37-25-14-7-6-13-24(25)34-35-37/h2,4-8,10-16,23,26-28,39H,3,9,17-21H2,1H3/b15-8-/t23-,26+,27+,28?,32-,33+/m1/s1. The van der Waals surface area contributed by atoms with Crippen LogP contribution in [0.15, 0.2) is 78.9 Å². The molecule has 10 nitrogen and oxygen atoms in total. The van der Waals surface area contributed by atoms with Gasteiger partial charge in [-0.15, -0.1) is 16.9 Å². The molecule has 1 aromatic heterocycles. The van der Waals surface area contributed by atoms with E-state index in [1.807, 2.05) is 79.7 Å². The van der Waals surface area contributed by atoms with E-state index in [1.54, 1.807) is 14.5 Å². The first-order chi connectivity index (χ1) is 21.4. The molecule has 11 heteroatoms. The molecule has 228 valence electrons. The molecule has 2 amide bonds. The highest BCUT2D eigenvalue weighted by atomic mass is 32.2. The highest BCUT2D eigenvalue weighted by Crippen LogP contribution is 2.65. The molecule has 5 heterocycles. The van der Waals surface area contributed by atoms with Crippen LogP contribution in [0.1, 0.15) is 25.3 Å². The van der Waals surface area contributed by atoms with Gasteiger partial charge in [-0.3, -0.25) is 14.4 Å². The summed E-state index contributed by atoms with van der Waals surface area (Å²) >= 11 is 1.50. The summed E-state index contributed by atoms with van der Waals surface area (Å²) in [5.41, 5.74) is 2.46. The number of cyclic esters (lactones) is 1. The van der Waals surface area contributed by atoms with Crippen LogP contribution in [0.4, 0.5) is 0 Å². The smallest absolute Gasteiger partial charge is 0.311 e. The van der Waals surface area contributed by atoms with E-state index in [9.17, 15) is 19.5 Å². The third kappa shape index (κ3) is 4.56. The number of aromatic nitrogens is 3. The van der Waals surface area contributed by atoms with Crippen LogP contribution in [0, 0.1) is 11.8 Å². The minimum Gasteiger partial charge on any atom is -0.465 e. The molecule has 0 radical (unpaired) electrons. The van der Waals surface area contributed by atoms with Crippen LogP contribution in [0.25, 0.3) is 11.0 Å². The lowest BCUT2D eigenvalue weighted by Crippen LogP contribution is -2.57. The molecule has 1 spiro atoms. The fourth-order valence-electron chi connectivity index (χ4n) is 7.46. The van der Waals surface area contributed by atoms with Crippen LogP contribution in [-0.2, 0) is 32.2 Å². The van der Waals surface area contributed by atoms with Crippen LogP contribution in [0.3, 0.4) is 0 Å². The van der Waals surface area contributed by atoms with E-state index in [-0.39, 0.29) is 31.7 Å². The lowest BCUT2D eigenvalue weighted by molar-refractivity contribution is -0.154. The van der Waals surface area contributed by atoms with Crippen molar-refractivity contribution in [3.8, 4) is 0 Å². The molecule has 6 atom stereocenters. The molecule has 1 unspecified atom stereocenters. The Balaban J connectivity index is 1.33. The number of hydrogen-bond donors (Lipinski definition) is 1. The van der Waals surface area contributed by atoms with Crippen molar-refractivity contribution in [2.75, 3.05) is 19.8 Å². The van der Waals surface area contributed by atoms with Gasteiger partial charge in [-0.2, -0.15) is 0 Å². The second-order valence-corrected chi connectivity index (χ2v) is 14.0. The summed E-state index contributed by atoms with van der Waals surface area (Å²) in [5.74, 6) is -2.60. The van der Waals surface area contributed by atoms with Gasteiger partial charge < -0.3 is 19.6 Å². The van der Waals surface area contributed by atoms with Crippen molar-refractivity contribution in [2.24, 2.45) is 11.8 Å². The summed E-state index contributed by atoms with van der Waals surface area (Å²) in [4.78, 5) is 46.6. The van der Waals surface area contributed by atoms with Gasteiger partial charge >= 0.3 is 5.97 Å². The first kappa shape index (κ1) is 28.8. The summed E-state index contributed by atoms with van der Waals surface area (Å²) in [6.45, 7) is 2.36. The van der Waals surface area contributed by atoms with Crippen molar-refractivity contribution in [3.63, 3.8) is 0 Å².